The average Bonchev–Trinajstić information content (AvgIpc) is 2.63. The third kappa shape index (κ3) is 1.88. The number of hydrogen-bond acceptors (Lipinski definition) is 2. The third-order valence-electron chi connectivity index (χ3n) is 2.00. The van der Waals surface area contributed by atoms with E-state index in [9.17, 15) is 9.18 Å². The molecule has 16 heavy (non-hydrogen) atoms. The lowest BCUT2D eigenvalue weighted by atomic mass is 10.3. The summed E-state index contributed by atoms with van der Waals surface area (Å²) in [5, 5.41) is 4.30. The Hall–Kier alpha value is -1.20. The van der Waals surface area contributed by atoms with Gasteiger partial charge in [-0.05, 0) is 28.1 Å². The minimum Gasteiger partial charge on any atom is -0.298 e. The SMILES string of the molecule is O=Cc1cnn(-c2cc(F)ccc2Cl)c1Br. The number of carbonyl (C=O) groups is 1. The molecule has 0 spiro atoms. The highest BCUT2D eigenvalue weighted by atomic mass is 79.9. The Bertz CT molecular complexity index is 556. The Labute approximate surface area is 104 Å². The second-order valence-corrected chi connectivity index (χ2v) is 4.17. The molecule has 2 aromatic rings. The molecule has 1 heterocycles. The molecular weight excluding hydrogens is 298 g/mol. The van der Waals surface area contributed by atoms with Crippen molar-refractivity contribution >= 4 is 33.8 Å². The van der Waals surface area contributed by atoms with Gasteiger partial charge in [0.15, 0.2) is 6.29 Å². The van der Waals surface area contributed by atoms with Gasteiger partial charge in [0.25, 0.3) is 0 Å². The van der Waals surface area contributed by atoms with Gasteiger partial charge in [-0.3, -0.25) is 4.79 Å². The summed E-state index contributed by atoms with van der Waals surface area (Å²) >= 11 is 9.11. The zero-order valence-corrected chi connectivity index (χ0v) is 10.2. The summed E-state index contributed by atoms with van der Waals surface area (Å²) in [4.78, 5) is 10.6. The molecule has 0 aliphatic carbocycles. The van der Waals surface area contributed by atoms with Crippen LogP contribution in [0.25, 0.3) is 5.69 Å². The van der Waals surface area contributed by atoms with Crippen LogP contribution in [0.1, 0.15) is 10.4 Å². The highest BCUT2D eigenvalue weighted by Gasteiger charge is 2.12. The Morgan fingerprint density at radius 2 is 2.25 bits per heavy atom. The van der Waals surface area contributed by atoms with Crippen LogP contribution in [0.4, 0.5) is 4.39 Å². The summed E-state index contributed by atoms with van der Waals surface area (Å²) < 4.78 is 14.9. The van der Waals surface area contributed by atoms with Crippen molar-refractivity contribution in [3.8, 4) is 5.69 Å². The van der Waals surface area contributed by atoms with Gasteiger partial charge < -0.3 is 0 Å². The predicted molar refractivity (Wildman–Crippen MR) is 61.6 cm³/mol. The van der Waals surface area contributed by atoms with Gasteiger partial charge in [-0.15, -0.1) is 0 Å². The molecule has 0 fully saturated rings. The van der Waals surface area contributed by atoms with Gasteiger partial charge in [-0.1, -0.05) is 11.6 Å². The molecular formula is C10H5BrClFN2O. The topological polar surface area (TPSA) is 34.9 Å². The van der Waals surface area contributed by atoms with Gasteiger partial charge in [0.1, 0.15) is 10.4 Å². The smallest absolute Gasteiger partial charge is 0.154 e. The number of rotatable bonds is 2. The van der Waals surface area contributed by atoms with Gasteiger partial charge in [0, 0.05) is 6.07 Å². The maximum Gasteiger partial charge on any atom is 0.154 e. The first-order valence-electron chi connectivity index (χ1n) is 4.27. The molecule has 0 saturated carbocycles. The van der Waals surface area contributed by atoms with E-state index in [0.717, 1.165) is 0 Å². The predicted octanol–water partition coefficient (Wildman–Crippen LogP) is 3.24. The number of hydrogen-bond donors (Lipinski definition) is 0. The van der Waals surface area contributed by atoms with E-state index in [2.05, 4.69) is 21.0 Å². The van der Waals surface area contributed by atoms with Crippen LogP contribution in [-0.4, -0.2) is 16.1 Å². The zero-order valence-electron chi connectivity index (χ0n) is 7.82. The van der Waals surface area contributed by atoms with Crippen LogP contribution in [0.15, 0.2) is 29.0 Å². The summed E-state index contributed by atoms with van der Waals surface area (Å²) in [5.41, 5.74) is 0.752. The fourth-order valence-electron chi connectivity index (χ4n) is 1.24. The molecule has 0 amide bonds. The summed E-state index contributed by atoms with van der Waals surface area (Å²) in [6.07, 6.45) is 2.03. The second-order valence-electron chi connectivity index (χ2n) is 3.02. The standard InChI is InChI=1S/C10H5BrClFN2O/c11-10-6(5-16)4-14-15(10)9-3-7(13)1-2-8(9)12/h1-5H. The van der Waals surface area contributed by atoms with Crippen molar-refractivity contribution in [3.63, 3.8) is 0 Å². The molecule has 0 atom stereocenters. The molecule has 1 aromatic heterocycles. The number of benzene rings is 1. The third-order valence-corrected chi connectivity index (χ3v) is 3.11. The summed E-state index contributed by atoms with van der Waals surface area (Å²) in [7, 11) is 0. The van der Waals surface area contributed by atoms with Crippen LogP contribution in [0.2, 0.25) is 5.02 Å². The van der Waals surface area contributed by atoms with Crippen molar-refractivity contribution in [2.24, 2.45) is 0 Å². The fraction of sp³-hybridized carbons (Fsp3) is 0. The van der Waals surface area contributed by atoms with Gasteiger partial charge in [-0.2, -0.15) is 5.10 Å². The van der Waals surface area contributed by atoms with Crippen LogP contribution >= 0.6 is 27.5 Å². The Balaban J connectivity index is 2.62. The fourth-order valence-corrected chi connectivity index (χ4v) is 1.92. The Kier molecular flexibility index (Phi) is 3.07. The first-order chi connectivity index (χ1) is 7.63. The number of nitrogens with zero attached hydrogens (tertiary/aromatic N) is 2. The van der Waals surface area contributed by atoms with Crippen molar-refractivity contribution in [1.82, 2.24) is 9.78 Å². The molecule has 0 saturated heterocycles. The first kappa shape index (κ1) is 11.3. The average molecular weight is 304 g/mol. The van der Waals surface area contributed by atoms with E-state index in [0.29, 0.717) is 27.2 Å². The Morgan fingerprint density at radius 1 is 1.50 bits per heavy atom. The summed E-state index contributed by atoms with van der Waals surface area (Å²) in [5.74, 6) is -0.422. The van der Waals surface area contributed by atoms with E-state index in [-0.39, 0.29) is 0 Å². The minimum atomic E-state index is -0.422. The molecule has 0 aliphatic rings. The normalized spacial score (nSPS) is 10.4. The van der Waals surface area contributed by atoms with Gasteiger partial charge in [0.2, 0.25) is 0 Å². The van der Waals surface area contributed by atoms with Crippen LogP contribution in [-0.2, 0) is 0 Å². The number of halogens is 3. The molecule has 0 bridgehead atoms. The van der Waals surface area contributed by atoms with E-state index in [1.54, 1.807) is 0 Å². The highest BCUT2D eigenvalue weighted by molar-refractivity contribution is 9.10. The summed E-state index contributed by atoms with van der Waals surface area (Å²) in [6.45, 7) is 0. The van der Waals surface area contributed by atoms with Crippen LogP contribution in [0.5, 0.6) is 0 Å². The van der Waals surface area contributed by atoms with E-state index >= 15 is 0 Å². The molecule has 0 unspecified atom stereocenters. The van der Waals surface area contributed by atoms with E-state index in [4.69, 9.17) is 11.6 Å². The molecule has 0 radical (unpaired) electrons. The maximum absolute atomic E-state index is 13.1. The summed E-state index contributed by atoms with van der Waals surface area (Å²) in [6, 6.07) is 3.93. The lowest BCUT2D eigenvalue weighted by Gasteiger charge is -2.05. The van der Waals surface area contributed by atoms with Gasteiger partial charge >= 0.3 is 0 Å². The number of carbonyl (C=O) groups excluding carboxylic acids is 1. The molecule has 0 N–H and O–H groups in total. The molecule has 6 heteroatoms. The molecule has 0 aliphatic heterocycles. The van der Waals surface area contributed by atoms with E-state index in [1.165, 1.54) is 29.1 Å². The van der Waals surface area contributed by atoms with E-state index < -0.39 is 5.82 Å². The largest absolute Gasteiger partial charge is 0.298 e. The lowest BCUT2D eigenvalue weighted by Crippen LogP contribution is -1.98. The first-order valence-corrected chi connectivity index (χ1v) is 5.44. The molecule has 82 valence electrons. The molecule has 2 rings (SSSR count). The van der Waals surface area contributed by atoms with Crippen molar-refractivity contribution < 1.29 is 9.18 Å². The number of aldehydes is 1. The van der Waals surface area contributed by atoms with Crippen molar-refractivity contribution in [2.45, 2.75) is 0 Å². The maximum atomic E-state index is 13.1. The molecule has 1 aromatic carbocycles. The van der Waals surface area contributed by atoms with Crippen LogP contribution in [0.3, 0.4) is 0 Å². The van der Waals surface area contributed by atoms with E-state index in [1.807, 2.05) is 0 Å². The van der Waals surface area contributed by atoms with Crippen molar-refractivity contribution in [2.75, 3.05) is 0 Å². The van der Waals surface area contributed by atoms with Crippen LogP contribution < -0.4 is 0 Å². The second kappa shape index (κ2) is 4.35. The van der Waals surface area contributed by atoms with Gasteiger partial charge in [0.05, 0.1) is 22.5 Å². The number of aromatic nitrogens is 2. The zero-order chi connectivity index (χ0) is 11.7. The van der Waals surface area contributed by atoms with Crippen molar-refractivity contribution in [3.05, 3.63) is 45.4 Å². The van der Waals surface area contributed by atoms with Crippen LogP contribution in [0, 0.1) is 5.82 Å². The van der Waals surface area contributed by atoms with Gasteiger partial charge in [-0.25, -0.2) is 9.07 Å². The minimum absolute atomic E-state index is 0.350. The highest BCUT2D eigenvalue weighted by Crippen LogP contribution is 2.25. The molecule has 3 nitrogen and oxygen atoms in total. The monoisotopic (exact) mass is 302 g/mol. The van der Waals surface area contributed by atoms with Crippen molar-refractivity contribution in [1.29, 1.82) is 0 Å². The Morgan fingerprint density at radius 3 is 2.88 bits per heavy atom. The lowest BCUT2D eigenvalue weighted by molar-refractivity contribution is 0.112. The quantitative estimate of drug-likeness (QED) is 0.798.